The summed E-state index contributed by atoms with van der Waals surface area (Å²) in [7, 11) is 0. The Morgan fingerprint density at radius 3 is 1.60 bits per heavy atom. The molecule has 0 radical (unpaired) electrons. The van der Waals surface area contributed by atoms with Crippen LogP contribution >= 0.6 is 24.8 Å². The molecular weight excluding hydrogens is 779 g/mol. The molecule has 276 valence electrons. The Hall–Kier alpha value is -2.74. The van der Waals surface area contributed by atoms with Gasteiger partial charge in [-0.25, -0.2) is 0 Å². The topological polar surface area (TPSA) is 0 Å². The second kappa shape index (κ2) is 14.4. The van der Waals surface area contributed by atoms with E-state index in [4.69, 9.17) is 0 Å². The van der Waals surface area contributed by atoms with Crippen LogP contribution in [-0.4, -0.2) is 6.88 Å². The molecule has 0 amide bonds. The Labute approximate surface area is 334 Å². The molecule has 0 N–H and O–H groups in total. The summed E-state index contributed by atoms with van der Waals surface area (Å²) in [6.45, 7) is 23.3. The number of aryl methyl sites for hydroxylation is 2. The molecule has 0 saturated heterocycles. The Kier molecular flexibility index (Phi) is 11.3. The molecule has 0 aromatic heterocycles. The van der Waals surface area contributed by atoms with E-state index in [-0.39, 0.29) is 35.6 Å². The third-order valence-electron chi connectivity index (χ3n) is 12.1. The molecule has 0 bridgehead atoms. The van der Waals surface area contributed by atoms with E-state index >= 15 is 0 Å². The number of fused-ring (bicyclic) bond motifs is 2. The van der Waals surface area contributed by atoms with Crippen molar-refractivity contribution in [2.75, 3.05) is 0 Å². The maximum atomic E-state index is 2.77. The van der Waals surface area contributed by atoms with Crippen molar-refractivity contribution >= 4 is 49.4 Å². The Balaban J connectivity index is 0.00000271. The van der Waals surface area contributed by atoms with Crippen molar-refractivity contribution < 1.29 is 17.4 Å². The van der Waals surface area contributed by atoms with Crippen molar-refractivity contribution in [2.24, 2.45) is 0 Å². The first kappa shape index (κ1) is 41.4. The number of hydrogen-bond acceptors (Lipinski definition) is 0. The first-order valence-corrected chi connectivity index (χ1v) is 32.5. The predicted molar refractivity (Wildman–Crippen MR) is 239 cm³/mol. The van der Waals surface area contributed by atoms with Gasteiger partial charge in [0, 0.05) is 0 Å². The van der Waals surface area contributed by atoms with Crippen molar-refractivity contribution in [3.63, 3.8) is 0 Å². The standard InChI is InChI=1S/C26H25.C21H23.2CH3.2ClH.H2Si.Zr/c1-18-7-5-8-20(15-18)22-16-21-9-6-10-24(25(21)17-22)19-11-13-23(14-12-19)26(2,3)4;1-14-12-19-15(2)6-11-18(20(19)13-14)16-7-9-17(10-8-16)21(3,4)5;;;;;;/h5-17H,1-4H3;6-13H,1-5H3;2*1H3;2*1H;1H2;. The van der Waals surface area contributed by atoms with E-state index in [9.17, 15) is 0 Å². The van der Waals surface area contributed by atoms with Gasteiger partial charge in [-0.2, -0.15) is 0 Å². The number of allylic oxidation sites excluding steroid dienone is 2. The fourth-order valence-electron chi connectivity index (χ4n) is 9.51. The monoisotopic (exact) mass is 834 g/mol. The van der Waals surface area contributed by atoms with E-state index in [2.05, 4.69) is 194 Å². The molecule has 0 heterocycles. The number of benzene rings is 5. The second-order valence-electron chi connectivity index (χ2n) is 18.9. The van der Waals surface area contributed by atoms with Crippen LogP contribution in [0.5, 0.6) is 0 Å². The molecule has 2 unspecified atom stereocenters. The molecular formula is C49H58Cl2SiZr. The number of halogens is 2. The van der Waals surface area contributed by atoms with Crippen molar-refractivity contribution in [3.8, 4) is 22.3 Å². The first-order valence-electron chi connectivity index (χ1n) is 18.9. The Morgan fingerprint density at radius 1 is 0.547 bits per heavy atom. The van der Waals surface area contributed by atoms with Gasteiger partial charge in [-0.3, -0.25) is 0 Å². The minimum atomic E-state index is -3.88. The van der Waals surface area contributed by atoms with Crippen LogP contribution in [0.2, 0.25) is 9.26 Å². The second-order valence-corrected chi connectivity index (χ2v) is 49.4. The van der Waals surface area contributed by atoms with Gasteiger partial charge in [0.2, 0.25) is 0 Å². The molecule has 0 saturated carbocycles. The average molecular weight is 837 g/mol. The molecule has 53 heavy (non-hydrogen) atoms. The van der Waals surface area contributed by atoms with Gasteiger partial charge in [0.1, 0.15) is 0 Å². The molecule has 0 spiro atoms. The molecule has 2 atom stereocenters. The van der Waals surface area contributed by atoms with E-state index in [1.165, 1.54) is 72.3 Å². The van der Waals surface area contributed by atoms with Gasteiger partial charge in [-0.05, 0) is 0 Å². The zero-order valence-electron chi connectivity index (χ0n) is 33.6. The smallest absolute Gasteiger partial charge is 0.147 e. The van der Waals surface area contributed by atoms with Gasteiger partial charge >= 0.3 is 313 Å². The van der Waals surface area contributed by atoms with Crippen molar-refractivity contribution in [2.45, 2.75) is 89.7 Å². The van der Waals surface area contributed by atoms with Gasteiger partial charge < -0.3 is 0 Å². The summed E-state index contributed by atoms with van der Waals surface area (Å²) in [5, 5.41) is 0. The maximum Gasteiger partial charge on any atom is -0.147 e. The van der Waals surface area contributed by atoms with E-state index in [1.54, 1.807) is 11.1 Å². The number of rotatable bonds is 5. The molecule has 4 heteroatoms. The Bertz CT molecular complexity index is 2320. The van der Waals surface area contributed by atoms with Crippen LogP contribution in [0, 0.1) is 13.8 Å². The minimum absolute atomic E-state index is 0. The van der Waals surface area contributed by atoms with Crippen LogP contribution in [0.25, 0.3) is 40.0 Å². The average Bonchev–Trinajstić information content (AvgIpc) is 3.65. The minimum Gasteiger partial charge on any atom is -0.147 e. The largest absolute Gasteiger partial charge is 0.147 e. The van der Waals surface area contributed by atoms with E-state index in [0.717, 1.165) is 0 Å². The van der Waals surface area contributed by atoms with Gasteiger partial charge in [0.25, 0.3) is 0 Å². The van der Waals surface area contributed by atoms with Crippen LogP contribution in [0.15, 0.2) is 109 Å². The predicted octanol–water partition coefficient (Wildman–Crippen LogP) is 14.2. The molecule has 0 aliphatic heterocycles. The molecule has 2 aliphatic rings. The normalized spacial score (nSPS) is 16.9. The van der Waals surface area contributed by atoms with E-state index in [1.807, 2.05) is 0 Å². The van der Waals surface area contributed by atoms with Crippen molar-refractivity contribution in [1.29, 1.82) is 0 Å². The summed E-state index contributed by atoms with van der Waals surface area (Å²) in [5.74, 6) is 0. The van der Waals surface area contributed by atoms with E-state index < -0.39 is 17.4 Å². The summed E-state index contributed by atoms with van der Waals surface area (Å²) in [6.07, 6.45) is 5.15. The maximum absolute atomic E-state index is 3.88. The van der Waals surface area contributed by atoms with Crippen LogP contribution < -0.4 is 0 Å². The van der Waals surface area contributed by atoms with Crippen LogP contribution in [-0.2, 0) is 28.2 Å². The molecule has 0 nitrogen and oxygen atoms in total. The van der Waals surface area contributed by atoms with E-state index in [0.29, 0.717) is 7.25 Å². The molecule has 0 fully saturated rings. The summed E-state index contributed by atoms with van der Waals surface area (Å²) in [4.78, 5) is 0. The van der Waals surface area contributed by atoms with Crippen LogP contribution in [0.1, 0.15) is 106 Å². The summed E-state index contributed by atoms with van der Waals surface area (Å²) >= 11 is -3.88. The SMILES string of the molecule is CC1=Cc2c(-c3ccc(C(C)(C)C)cc3)ccc(C)c2[CH]1[Zr]([CH3])([CH3])(=[SiH2])[CH]1C(c2cccc(C)c2)=Cc2c(-c3ccc(C(C)(C)C)cc3)cccc21.Cl.Cl. The number of hydrogen-bond donors (Lipinski definition) is 0. The van der Waals surface area contributed by atoms with Gasteiger partial charge in [-0.15, -0.1) is 24.8 Å². The summed E-state index contributed by atoms with van der Waals surface area (Å²) in [6, 6.07) is 39.9. The third-order valence-corrected chi connectivity index (χ3v) is 29.6. The first-order chi connectivity index (χ1) is 23.8. The summed E-state index contributed by atoms with van der Waals surface area (Å²) < 4.78 is 6.39. The Morgan fingerprint density at radius 2 is 1.08 bits per heavy atom. The van der Waals surface area contributed by atoms with Crippen LogP contribution in [0.3, 0.4) is 0 Å². The van der Waals surface area contributed by atoms with Crippen LogP contribution in [0.4, 0.5) is 0 Å². The van der Waals surface area contributed by atoms with Gasteiger partial charge in [0.05, 0.1) is 0 Å². The quantitative estimate of drug-likeness (QED) is 0.155. The molecule has 7 rings (SSSR count). The summed E-state index contributed by atoms with van der Waals surface area (Å²) in [5.41, 5.74) is 21.5. The molecule has 5 aromatic rings. The van der Waals surface area contributed by atoms with Crippen molar-refractivity contribution in [3.05, 3.63) is 159 Å². The fourth-order valence-corrected chi connectivity index (χ4v) is 29.5. The van der Waals surface area contributed by atoms with Gasteiger partial charge in [-0.1, -0.05) is 0 Å². The zero-order chi connectivity index (χ0) is 36.7. The fraction of sp³-hybridized carbons (Fsp3) is 0.306. The van der Waals surface area contributed by atoms with Gasteiger partial charge in [0.15, 0.2) is 0 Å². The molecule has 2 aliphatic carbocycles. The molecule has 5 aromatic carbocycles. The van der Waals surface area contributed by atoms with Crippen molar-refractivity contribution in [1.82, 2.24) is 0 Å². The third kappa shape index (κ3) is 7.36. The zero-order valence-corrected chi connectivity index (χ0v) is 39.2.